The summed E-state index contributed by atoms with van der Waals surface area (Å²) in [6.45, 7) is 5.33. The number of carbonyl (C=O) groups excluding carboxylic acids is 1. The van der Waals surface area contributed by atoms with Gasteiger partial charge in [-0.15, -0.1) is 0 Å². The zero-order chi connectivity index (χ0) is 12.2. The lowest BCUT2D eigenvalue weighted by Gasteiger charge is -2.20. The molecule has 0 radical (unpaired) electrons. The third kappa shape index (κ3) is 3.91. The summed E-state index contributed by atoms with van der Waals surface area (Å²) in [6, 6.07) is 3.17. The van der Waals surface area contributed by atoms with E-state index in [1.165, 1.54) is 11.3 Å². The van der Waals surface area contributed by atoms with Crippen LogP contribution in [0.2, 0.25) is 0 Å². The molecule has 1 amide bonds. The first-order valence-electron chi connectivity index (χ1n) is 4.83. The second-order valence-electron chi connectivity index (χ2n) is 4.27. The van der Waals surface area contributed by atoms with Crippen LogP contribution in [0.4, 0.5) is 4.79 Å². The van der Waals surface area contributed by atoms with Crippen LogP contribution in [0.1, 0.15) is 32.4 Å². The van der Waals surface area contributed by atoms with Crippen LogP contribution in [0.5, 0.6) is 0 Å². The average Bonchev–Trinajstić information content (AvgIpc) is 2.63. The van der Waals surface area contributed by atoms with Gasteiger partial charge in [-0.3, -0.25) is 0 Å². The summed E-state index contributed by atoms with van der Waals surface area (Å²) < 4.78 is 5.07. The van der Waals surface area contributed by atoms with Gasteiger partial charge >= 0.3 is 6.09 Å². The fraction of sp³-hybridized carbons (Fsp3) is 0.455. The largest absolute Gasteiger partial charge is 0.444 e. The Morgan fingerprint density at radius 2 is 2.31 bits per heavy atom. The Morgan fingerprint density at radius 3 is 2.75 bits per heavy atom. The van der Waals surface area contributed by atoms with Crippen molar-refractivity contribution in [3.05, 3.63) is 22.4 Å². The zero-order valence-electron chi connectivity index (χ0n) is 9.48. The number of alkyl carbamates (subject to hydrolysis) is 1. The maximum atomic E-state index is 11.4. The normalized spacial score (nSPS) is 12.6. The van der Waals surface area contributed by atoms with Gasteiger partial charge in [0.2, 0.25) is 0 Å². The lowest BCUT2D eigenvalue weighted by Crippen LogP contribution is -2.34. The second-order valence-corrected chi connectivity index (χ2v) is 5.05. The molecule has 1 aromatic heterocycles. The molecule has 1 heterocycles. The standard InChI is InChI=1S/C11H14N2O2S/c1-11(2,3)15-10(14)13-9(6-12)8-4-5-16-7-8/h4-5,7,9H,1-3H3,(H,13,14). The number of nitrogens with zero attached hydrogens (tertiary/aromatic N) is 1. The molecule has 0 aliphatic rings. The van der Waals surface area contributed by atoms with Crippen molar-refractivity contribution < 1.29 is 9.53 Å². The molecule has 0 aromatic carbocycles. The van der Waals surface area contributed by atoms with Gasteiger partial charge in [0.05, 0.1) is 6.07 Å². The molecule has 1 unspecified atom stereocenters. The Morgan fingerprint density at radius 1 is 1.62 bits per heavy atom. The van der Waals surface area contributed by atoms with Crippen molar-refractivity contribution in [2.24, 2.45) is 0 Å². The minimum atomic E-state index is -0.652. The highest BCUT2D eigenvalue weighted by Crippen LogP contribution is 2.16. The second kappa shape index (κ2) is 4.99. The first-order valence-corrected chi connectivity index (χ1v) is 5.78. The SMILES string of the molecule is CC(C)(C)OC(=O)NC(C#N)c1ccsc1. The molecule has 0 saturated carbocycles. The molecule has 1 atom stereocenters. The molecule has 0 bridgehead atoms. The highest BCUT2D eigenvalue weighted by Gasteiger charge is 2.20. The van der Waals surface area contributed by atoms with E-state index in [9.17, 15) is 4.79 Å². The van der Waals surface area contributed by atoms with Crippen LogP contribution < -0.4 is 5.32 Å². The van der Waals surface area contributed by atoms with Gasteiger partial charge in [0.25, 0.3) is 0 Å². The van der Waals surface area contributed by atoms with E-state index in [1.807, 2.05) is 16.8 Å². The summed E-state index contributed by atoms with van der Waals surface area (Å²) in [7, 11) is 0. The monoisotopic (exact) mass is 238 g/mol. The van der Waals surface area contributed by atoms with Crippen molar-refractivity contribution in [1.29, 1.82) is 5.26 Å². The molecule has 0 fully saturated rings. The van der Waals surface area contributed by atoms with Gasteiger partial charge in [-0.2, -0.15) is 16.6 Å². The van der Waals surface area contributed by atoms with Crippen LogP contribution in [0.25, 0.3) is 0 Å². The van der Waals surface area contributed by atoms with Crippen LogP contribution >= 0.6 is 11.3 Å². The van der Waals surface area contributed by atoms with E-state index in [1.54, 1.807) is 26.8 Å². The van der Waals surface area contributed by atoms with Crippen LogP contribution in [-0.4, -0.2) is 11.7 Å². The minimum absolute atomic E-state index is 0.557. The summed E-state index contributed by atoms with van der Waals surface area (Å²) in [5.74, 6) is 0. The highest BCUT2D eigenvalue weighted by atomic mass is 32.1. The average molecular weight is 238 g/mol. The van der Waals surface area contributed by atoms with Gasteiger partial charge in [0, 0.05) is 0 Å². The highest BCUT2D eigenvalue weighted by molar-refractivity contribution is 7.08. The Hall–Kier alpha value is -1.54. The van der Waals surface area contributed by atoms with E-state index in [-0.39, 0.29) is 0 Å². The molecule has 0 aliphatic carbocycles. The predicted molar refractivity (Wildman–Crippen MR) is 62.0 cm³/mol. The van der Waals surface area contributed by atoms with Crippen molar-refractivity contribution >= 4 is 17.4 Å². The molecule has 1 rings (SSSR count). The predicted octanol–water partition coefficient (Wildman–Crippen LogP) is 2.84. The van der Waals surface area contributed by atoms with Crippen molar-refractivity contribution in [3.8, 4) is 6.07 Å². The number of nitrogens with one attached hydrogen (secondary N) is 1. The topological polar surface area (TPSA) is 62.1 Å². The van der Waals surface area contributed by atoms with Crippen molar-refractivity contribution in [2.75, 3.05) is 0 Å². The fourth-order valence-corrected chi connectivity index (χ4v) is 1.74. The number of thiophene rings is 1. The van der Waals surface area contributed by atoms with Gasteiger partial charge in [0.15, 0.2) is 0 Å². The van der Waals surface area contributed by atoms with Crippen molar-refractivity contribution in [3.63, 3.8) is 0 Å². The fourth-order valence-electron chi connectivity index (χ4n) is 1.05. The summed E-state index contributed by atoms with van der Waals surface area (Å²) in [4.78, 5) is 11.4. The van der Waals surface area contributed by atoms with E-state index in [0.29, 0.717) is 0 Å². The number of hydrogen-bond donors (Lipinski definition) is 1. The van der Waals surface area contributed by atoms with Crippen LogP contribution in [0.3, 0.4) is 0 Å². The Kier molecular flexibility index (Phi) is 3.91. The number of nitriles is 1. The minimum Gasteiger partial charge on any atom is -0.444 e. The summed E-state index contributed by atoms with van der Waals surface area (Å²) in [6.07, 6.45) is -0.578. The quantitative estimate of drug-likeness (QED) is 0.861. The van der Waals surface area contributed by atoms with Crippen LogP contribution in [0, 0.1) is 11.3 Å². The molecule has 0 aliphatic heterocycles. The number of carbonyl (C=O) groups is 1. The Labute approximate surface area is 98.8 Å². The molecule has 86 valence electrons. The molecule has 0 spiro atoms. The van der Waals surface area contributed by atoms with Gasteiger partial charge in [0.1, 0.15) is 11.6 Å². The van der Waals surface area contributed by atoms with E-state index in [0.717, 1.165) is 5.56 Å². The Bertz CT molecular complexity index is 387. The smallest absolute Gasteiger partial charge is 0.408 e. The van der Waals surface area contributed by atoms with E-state index < -0.39 is 17.7 Å². The molecule has 1 aromatic rings. The lowest BCUT2D eigenvalue weighted by molar-refractivity contribution is 0.0515. The van der Waals surface area contributed by atoms with Crippen LogP contribution in [-0.2, 0) is 4.74 Å². The molecule has 0 saturated heterocycles. The zero-order valence-corrected chi connectivity index (χ0v) is 10.3. The lowest BCUT2D eigenvalue weighted by atomic mass is 10.2. The summed E-state index contributed by atoms with van der Waals surface area (Å²) in [5.41, 5.74) is 0.219. The van der Waals surface area contributed by atoms with Gasteiger partial charge < -0.3 is 10.1 Å². The Balaban J connectivity index is 2.59. The number of ether oxygens (including phenoxy) is 1. The summed E-state index contributed by atoms with van der Waals surface area (Å²) >= 11 is 1.48. The molecular formula is C11H14N2O2S. The van der Waals surface area contributed by atoms with Gasteiger partial charge in [-0.25, -0.2) is 4.79 Å². The number of rotatable bonds is 2. The van der Waals surface area contributed by atoms with Crippen LogP contribution in [0.15, 0.2) is 16.8 Å². The number of hydrogen-bond acceptors (Lipinski definition) is 4. The van der Waals surface area contributed by atoms with Gasteiger partial charge in [-0.1, -0.05) is 0 Å². The maximum Gasteiger partial charge on any atom is 0.408 e. The third-order valence-corrected chi connectivity index (χ3v) is 2.37. The molecular weight excluding hydrogens is 224 g/mol. The molecule has 16 heavy (non-hydrogen) atoms. The number of amides is 1. The van der Waals surface area contributed by atoms with Crippen molar-refractivity contribution in [1.82, 2.24) is 5.32 Å². The first kappa shape index (κ1) is 12.5. The summed E-state index contributed by atoms with van der Waals surface area (Å²) in [5, 5.41) is 15.1. The van der Waals surface area contributed by atoms with E-state index >= 15 is 0 Å². The van der Waals surface area contributed by atoms with E-state index in [2.05, 4.69) is 5.32 Å². The van der Waals surface area contributed by atoms with E-state index in [4.69, 9.17) is 10.00 Å². The van der Waals surface area contributed by atoms with Crippen molar-refractivity contribution in [2.45, 2.75) is 32.4 Å². The molecule has 5 heteroatoms. The molecule has 1 N–H and O–H groups in total. The van der Waals surface area contributed by atoms with Gasteiger partial charge in [-0.05, 0) is 43.2 Å². The molecule has 4 nitrogen and oxygen atoms in total. The maximum absolute atomic E-state index is 11.4. The first-order chi connectivity index (χ1) is 7.42. The third-order valence-electron chi connectivity index (χ3n) is 1.67.